The van der Waals surface area contributed by atoms with E-state index in [-0.39, 0.29) is 10.8 Å². The summed E-state index contributed by atoms with van der Waals surface area (Å²) in [4.78, 5) is 23.6. The lowest BCUT2D eigenvalue weighted by molar-refractivity contribution is -0.144. The van der Waals surface area contributed by atoms with Crippen molar-refractivity contribution in [3.05, 3.63) is 0 Å². The van der Waals surface area contributed by atoms with Gasteiger partial charge in [0.1, 0.15) is 5.54 Å². The lowest BCUT2D eigenvalue weighted by Crippen LogP contribution is -2.57. The molecule has 5 nitrogen and oxygen atoms in total. The Labute approximate surface area is 130 Å². The fourth-order valence-corrected chi connectivity index (χ4v) is 4.44. The molecule has 3 N–H and O–H groups in total. The van der Waals surface area contributed by atoms with Crippen molar-refractivity contribution in [2.24, 2.45) is 0 Å². The number of amides is 2. The average molecular weight is 314 g/mol. The van der Waals surface area contributed by atoms with E-state index in [1.54, 1.807) is 0 Å². The predicted octanol–water partition coefficient (Wildman–Crippen LogP) is 2.75. The molecular weight excluding hydrogens is 288 g/mol. The summed E-state index contributed by atoms with van der Waals surface area (Å²) in [7, 11) is 0. The molecule has 0 aromatic heterocycles. The van der Waals surface area contributed by atoms with Crippen LogP contribution in [0.15, 0.2) is 0 Å². The van der Waals surface area contributed by atoms with E-state index in [0.29, 0.717) is 19.4 Å². The highest BCUT2D eigenvalue weighted by Gasteiger charge is 2.43. The van der Waals surface area contributed by atoms with Crippen molar-refractivity contribution < 1.29 is 14.7 Å². The quantitative estimate of drug-likeness (QED) is 0.729. The zero-order valence-corrected chi connectivity index (χ0v) is 13.6. The molecule has 0 bridgehead atoms. The summed E-state index contributed by atoms with van der Waals surface area (Å²) in [6, 6.07) is -0.335. The molecule has 2 aliphatic carbocycles. The minimum Gasteiger partial charge on any atom is -0.480 e. The molecule has 2 rings (SSSR count). The number of hydrogen-bond acceptors (Lipinski definition) is 3. The summed E-state index contributed by atoms with van der Waals surface area (Å²) in [5.41, 5.74) is -1.05. The number of thioether (sulfide) groups is 1. The summed E-state index contributed by atoms with van der Waals surface area (Å²) < 4.78 is 0.127. The molecule has 0 radical (unpaired) electrons. The summed E-state index contributed by atoms with van der Waals surface area (Å²) >= 11 is 1.82. The van der Waals surface area contributed by atoms with Gasteiger partial charge in [0.2, 0.25) is 0 Å². The zero-order valence-electron chi connectivity index (χ0n) is 12.7. The lowest BCUT2D eigenvalue weighted by Gasteiger charge is -2.36. The van der Waals surface area contributed by atoms with Crippen LogP contribution in [0.1, 0.15) is 57.8 Å². The van der Waals surface area contributed by atoms with Gasteiger partial charge in [-0.15, -0.1) is 0 Å². The molecule has 0 unspecified atom stereocenters. The number of hydrogen-bond donors (Lipinski definition) is 3. The first-order valence-corrected chi connectivity index (χ1v) is 9.09. The van der Waals surface area contributed by atoms with Crippen LogP contribution < -0.4 is 10.6 Å². The molecule has 120 valence electrons. The number of carboxylic acid groups (broad SMARTS) is 1. The van der Waals surface area contributed by atoms with Gasteiger partial charge in [-0.05, 0) is 31.9 Å². The maximum absolute atomic E-state index is 12.1. The number of carboxylic acids is 1. The van der Waals surface area contributed by atoms with Crippen molar-refractivity contribution >= 4 is 23.8 Å². The molecule has 21 heavy (non-hydrogen) atoms. The fraction of sp³-hybridized carbons (Fsp3) is 0.867. The molecule has 0 saturated heterocycles. The van der Waals surface area contributed by atoms with E-state index in [1.807, 2.05) is 11.8 Å². The van der Waals surface area contributed by atoms with E-state index in [2.05, 4.69) is 16.9 Å². The molecule has 0 aromatic carbocycles. The first-order valence-electron chi connectivity index (χ1n) is 7.87. The Morgan fingerprint density at radius 2 is 1.62 bits per heavy atom. The van der Waals surface area contributed by atoms with Crippen LogP contribution >= 0.6 is 11.8 Å². The summed E-state index contributed by atoms with van der Waals surface area (Å²) in [6.07, 6.45) is 10.8. The minimum absolute atomic E-state index is 0.127. The Hall–Kier alpha value is -0.910. The number of nitrogens with one attached hydrogen (secondary N) is 2. The molecule has 2 aliphatic rings. The van der Waals surface area contributed by atoms with Crippen LogP contribution in [0, 0.1) is 0 Å². The molecule has 0 aromatic rings. The maximum Gasteiger partial charge on any atom is 0.329 e. The van der Waals surface area contributed by atoms with Gasteiger partial charge in [-0.1, -0.05) is 32.1 Å². The van der Waals surface area contributed by atoms with Gasteiger partial charge in [-0.3, -0.25) is 0 Å². The standard InChI is InChI=1S/C15H26N2O3S/c1-21-14(7-3-2-4-8-14)11-16-13(20)17-15(12(18)19)9-5-6-10-15/h2-11H2,1H3,(H,18,19)(H2,16,17,20). The van der Waals surface area contributed by atoms with Crippen molar-refractivity contribution in [1.82, 2.24) is 10.6 Å². The van der Waals surface area contributed by atoms with Crippen LogP contribution in [0.5, 0.6) is 0 Å². The van der Waals surface area contributed by atoms with Crippen molar-refractivity contribution in [2.75, 3.05) is 12.8 Å². The predicted molar refractivity (Wildman–Crippen MR) is 84.7 cm³/mol. The molecule has 0 atom stereocenters. The molecule has 0 aliphatic heterocycles. The van der Waals surface area contributed by atoms with Crippen molar-refractivity contribution in [3.8, 4) is 0 Å². The number of carbonyl (C=O) groups is 2. The van der Waals surface area contributed by atoms with Gasteiger partial charge >= 0.3 is 12.0 Å². The monoisotopic (exact) mass is 314 g/mol. The van der Waals surface area contributed by atoms with Gasteiger partial charge in [0.25, 0.3) is 0 Å². The number of rotatable bonds is 5. The molecule has 0 spiro atoms. The van der Waals surface area contributed by atoms with E-state index in [4.69, 9.17) is 0 Å². The smallest absolute Gasteiger partial charge is 0.329 e. The van der Waals surface area contributed by atoms with Crippen LogP contribution in [-0.4, -0.2) is 40.2 Å². The Morgan fingerprint density at radius 3 is 2.14 bits per heavy atom. The number of aliphatic carboxylic acids is 1. The third-order valence-electron chi connectivity index (χ3n) is 4.99. The lowest BCUT2D eigenvalue weighted by atomic mass is 9.88. The van der Waals surface area contributed by atoms with E-state index < -0.39 is 11.5 Å². The third-order valence-corrected chi connectivity index (χ3v) is 6.41. The second-order valence-corrected chi connectivity index (χ2v) is 7.62. The Kier molecular flexibility index (Phi) is 5.41. The van der Waals surface area contributed by atoms with E-state index in [1.165, 1.54) is 19.3 Å². The van der Waals surface area contributed by atoms with Crippen LogP contribution in [0.3, 0.4) is 0 Å². The molecule has 2 amide bonds. The average Bonchev–Trinajstić information content (AvgIpc) is 2.96. The van der Waals surface area contributed by atoms with E-state index in [9.17, 15) is 14.7 Å². The third kappa shape index (κ3) is 3.84. The minimum atomic E-state index is -1.05. The van der Waals surface area contributed by atoms with Crippen LogP contribution in [0.25, 0.3) is 0 Å². The molecular formula is C15H26N2O3S. The first-order chi connectivity index (χ1) is 10.0. The van der Waals surface area contributed by atoms with Crippen LogP contribution in [0.2, 0.25) is 0 Å². The highest BCUT2D eigenvalue weighted by Crippen LogP contribution is 2.38. The SMILES string of the molecule is CSC1(CNC(=O)NC2(C(=O)O)CCCC2)CCCCC1. The Balaban J connectivity index is 1.87. The maximum atomic E-state index is 12.1. The first kappa shape index (κ1) is 16.5. The van der Waals surface area contributed by atoms with Crippen LogP contribution in [-0.2, 0) is 4.79 Å². The van der Waals surface area contributed by atoms with Gasteiger partial charge < -0.3 is 15.7 Å². The van der Waals surface area contributed by atoms with Crippen molar-refractivity contribution in [1.29, 1.82) is 0 Å². The van der Waals surface area contributed by atoms with Gasteiger partial charge in [-0.25, -0.2) is 9.59 Å². The van der Waals surface area contributed by atoms with Gasteiger partial charge in [0.05, 0.1) is 0 Å². The highest BCUT2D eigenvalue weighted by atomic mass is 32.2. The second kappa shape index (κ2) is 6.90. The Morgan fingerprint density at radius 1 is 1.05 bits per heavy atom. The summed E-state index contributed by atoms with van der Waals surface area (Å²) in [6.45, 7) is 0.621. The van der Waals surface area contributed by atoms with Crippen LogP contribution in [0.4, 0.5) is 4.79 Å². The van der Waals surface area contributed by atoms with E-state index in [0.717, 1.165) is 25.7 Å². The van der Waals surface area contributed by atoms with Crippen molar-refractivity contribution in [2.45, 2.75) is 68.1 Å². The largest absolute Gasteiger partial charge is 0.480 e. The normalized spacial score (nSPS) is 23.5. The van der Waals surface area contributed by atoms with E-state index >= 15 is 0 Å². The molecule has 6 heteroatoms. The molecule has 2 saturated carbocycles. The van der Waals surface area contributed by atoms with Gasteiger partial charge in [0, 0.05) is 11.3 Å². The second-order valence-electron chi connectivity index (χ2n) is 6.35. The zero-order chi connectivity index (χ0) is 15.3. The van der Waals surface area contributed by atoms with Gasteiger partial charge in [-0.2, -0.15) is 11.8 Å². The Bertz CT molecular complexity index is 388. The highest BCUT2D eigenvalue weighted by molar-refractivity contribution is 8.00. The molecule has 2 fully saturated rings. The topological polar surface area (TPSA) is 78.4 Å². The fourth-order valence-electron chi connectivity index (χ4n) is 3.52. The van der Waals surface area contributed by atoms with Crippen molar-refractivity contribution in [3.63, 3.8) is 0 Å². The summed E-state index contributed by atoms with van der Waals surface area (Å²) in [5.74, 6) is -0.910. The number of carbonyl (C=O) groups excluding carboxylic acids is 1. The summed E-state index contributed by atoms with van der Waals surface area (Å²) in [5, 5.41) is 15.0. The number of urea groups is 1. The molecule has 0 heterocycles. The van der Waals surface area contributed by atoms with Gasteiger partial charge in [0.15, 0.2) is 0 Å².